The first-order chi connectivity index (χ1) is 11.3. The standard InChI is InChI=1S/C18H17N3O2/c22-18(13-5-6-16-17(8-13)21-11-20-16)19-9-15-7-12-3-1-2-4-14(12)10-23-15/h1-6,8,11,15H,7,9-10H2,(H,19,22)(H,20,21). The van der Waals surface area contributed by atoms with Crippen LogP contribution in [0.25, 0.3) is 11.0 Å². The van der Waals surface area contributed by atoms with Gasteiger partial charge in [-0.05, 0) is 29.3 Å². The molecule has 3 aromatic rings. The molecule has 23 heavy (non-hydrogen) atoms. The molecule has 0 radical (unpaired) electrons. The number of imidazole rings is 1. The molecule has 4 rings (SSSR count). The lowest BCUT2D eigenvalue weighted by molar-refractivity contribution is 0.0285. The molecule has 116 valence electrons. The van der Waals surface area contributed by atoms with Crippen LogP contribution in [0.1, 0.15) is 21.5 Å². The summed E-state index contributed by atoms with van der Waals surface area (Å²) in [7, 11) is 0. The molecule has 0 spiro atoms. The van der Waals surface area contributed by atoms with E-state index in [2.05, 4.69) is 27.4 Å². The van der Waals surface area contributed by atoms with Gasteiger partial charge in [-0.25, -0.2) is 4.98 Å². The number of rotatable bonds is 3. The summed E-state index contributed by atoms with van der Waals surface area (Å²) in [6.45, 7) is 1.12. The number of aromatic amines is 1. The molecule has 0 aliphatic carbocycles. The van der Waals surface area contributed by atoms with Gasteiger partial charge >= 0.3 is 0 Å². The average Bonchev–Trinajstić information content (AvgIpc) is 3.07. The van der Waals surface area contributed by atoms with E-state index in [0.29, 0.717) is 18.7 Å². The van der Waals surface area contributed by atoms with Crippen LogP contribution in [0, 0.1) is 0 Å². The van der Waals surface area contributed by atoms with Crippen LogP contribution < -0.4 is 5.32 Å². The molecule has 0 saturated heterocycles. The van der Waals surface area contributed by atoms with Crippen LogP contribution in [0.15, 0.2) is 48.8 Å². The first-order valence-corrected chi connectivity index (χ1v) is 7.69. The molecule has 5 nitrogen and oxygen atoms in total. The quantitative estimate of drug-likeness (QED) is 0.781. The summed E-state index contributed by atoms with van der Waals surface area (Å²) in [4.78, 5) is 19.5. The second-order valence-electron chi connectivity index (χ2n) is 5.75. The van der Waals surface area contributed by atoms with Crippen LogP contribution in [0.5, 0.6) is 0 Å². The number of aromatic nitrogens is 2. The Morgan fingerprint density at radius 1 is 1.26 bits per heavy atom. The van der Waals surface area contributed by atoms with Crippen LogP contribution in [0.4, 0.5) is 0 Å². The predicted octanol–water partition coefficient (Wildman–Crippen LogP) is 2.43. The molecule has 1 atom stereocenters. The number of nitrogens with one attached hydrogen (secondary N) is 2. The van der Waals surface area contributed by atoms with Crippen molar-refractivity contribution in [1.82, 2.24) is 15.3 Å². The Hall–Kier alpha value is -2.66. The molecule has 5 heteroatoms. The van der Waals surface area contributed by atoms with E-state index >= 15 is 0 Å². The molecule has 0 bridgehead atoms. The van der Waals surface area contributed by atoms with Crippen molar-refractivity contribution in [3.05, 3.63) is 65.5 Å². The zero-order valence-corrected chi connectivity index (χ0v) is 12.6. The second kappa shape index (κ2) is 5.85. The maximum Gasteiger partial charge on any atom is 0.251 e. The maximum absolute atomic E-state index is 12.3. The number of amides is 1. The second-order valence-corrected chi connectivity index (χ2v) is 5.75. The average molecular weight is 307 g/mol. The van der Waals surface area contributed by atoms with Gasteiger partial charge in [0.2, 0.25) is 0 Å². The minimum absolute atomic E-state index is 0.0183. The van der Waals surface area contributed by atoms with Crippen LogP contribution in [-0.4, -0.2) is 28.5 Å². The van der Waals surface area contributed by atoms with E-state index in [1.807, 2.05) is 24.3 Å². The number of hydrogen-bond donors (Lipinski definition) is 2. The van der Waals surface area contributed by atoms with E-state index < -0.39 is 0 Å². The number of nitrogens with zero attached hydrogens (tertiary/aromatic N) is 1. The van der Waals surface area contributed by atoms with Gasteiger partial charge in [-0.1, -0.05) is 24.3 Å². The lowest BCUT2D eigenvalue weighted by atomic mass is 9.99. The van der Waals surface area contributed by atoms with Crippen molar-refractivity contribution >= 4 is 16.9 Å². The highest BCUT2D eigenvalue weighted by molar-refractivity contribution is 5.97. The Kier molecular flexibility index (Phi) is 3.55. The van der Waals surface area contributed by atoms with E-state index in [1.165, 1.54) is 11.1 Å². The maximum atomic E-state index is 12.3. The summed E-state index contributed by atoms with van der Waals surface area (Å²) in [6.07, 6.45) is 2.47. The highest BCUT2D eigenvalue weighted by Crippen LogP contribution is 2.20. The van der Waals surface area contributed by atoms with Gasteiger partial charge in [0.25, 0.3) is 5.91 Å². The van der Waals surface area contributed by atoms with Crippen molar-refractivity contribution in [2.45, 2.75) is 19.1 Å². The topological polar surface area (TPSA) is 67.0 Å². The normalized spacial score (nSPS) is 17.0. The summed E-state index contributed by atoms with van der Waals surface area (Å²) in [5, 5.41) is 2.96. The van der Waals surface area contributed by atoms with E-state index in [4.69, 9.17) is 4.74 Å². The Morgan fingerprint density at radius 2 is 2.13 bits per heavy atom. The molecule has 2 heterocycles. The van der Waals surface area contributed by atoms with Gasteiger partial charge in [0, 0.05) is 18.5 Å². The van der Waals surface area contributed by atoms with Crippen molar-refractivity contribution < 1.29 is 9.53 Å². The lowest BCUT2D eigenvalue weighted by Gasteiger charge is -2.25. The van der Waals surface area contributed by atoms with Gasteiger partial charge in [-0.15, -0.1) is 0 Å². The van der Waals surface area contributed by atoms with Crippen molar-refractivity contribution in [2.24, 2.45) is 0 Å². The molecular formula is C18H17N3O2. The van der Waals surface area contributed by atoms with Gasteiger partial charge < -0.3 is 15.0 Å². The summed E-state index contributed by atoms with van der Waals surface area (Å²) >= 11 is 0. The van der Waals surface area contributed by atoms with Crippen LogP contribution in [0.3, 0.4) is 0 Å². The van der Waals surface area contributed by atoms with Gasteiger partial charge in [0.15, 0.2) is 0 Å². The first kappa shape index (κ1) is 14.0. The Bertz CT molecular complexity index is 856. The van der Waals surface area contributed by atoms with E-state index in [-0.39, 0.29) is 12.0 Å². The van der Waals surface area contributed by atoms with Gasteiger partial charge in [0.1, 0.15) is 0 Å². The van der Waals surface area contributed by atoms with Gasteiger partial charge in [-0.3, -0.25) is 4.79 Å². The van der Waals surface area contributed by atoms with E-state index in [1.54, 1.807) is 12.4 Å². The highest BCUT2D eigenvalue weighted by Gasteiger charge is 2.19. The molecule has 1 aromatic heterocycles. The van der Waals surface area contributed by atoms with Crippen LogP contribution in [-0.2, 0) is 17.8 Å². The molecule has 2 aromatic carbocycles. The number of H-pyrrole nitrogens is 1. The highest BCUT2D eigenvalue weighted by atomic mass is 16.5. The molecule has 0 saturated carbocycles. The smallest absolute Gasteiger partial charge is 0.251 e. The largest absolute Gasteiger partial charge is 0.371 e. The van der Waals surface area contributed by atoms with Gasteiger partial charge in [-0.2, -0.15) is 0 Å². The number of carbonyl (C=O) groups is 1. The molecule has 1 aliphatic heterocycles. The summed E-state index contributed by atoms with van der Waals surface area (Å²) < 4.78 is 5.82. The molecule has 2 N–H and O–H groups in total. The zero-order chi connectivity index (χ0) is 15.6. The third-order valence-corrected chi connectivity index (χ3v) is 4.21. The van der Waals surface area contributed by atoms with Crippen LogP contribution in [0.2, 0.25) is 0 Å². The fourth-order valence-electron chi connectivity index (χ4n) is 2.93. The molecule has 1 unspecified atom stereocenters. The van der Waals surface area contributed by atoms with E-state index in [9.17, 15) is 4.79 Å². The minimum Gasteiger partial charge on any atom is -0.371 e. The lowest BCUT2D eigenvalue weighted by Crippen LogP contribution is -2.36. The van der Waals surface area contributed by atoms with Gasteiger partial charge in [0.05, 0.1) is 30.1 Å². The monoisotopic (exact) mass is 307 g/mol. The molecule has 1 amide bonds. The van der Waals surface area contributed by atoms with Crippen molar-refractivity contribution in [1.29, 1.82) is 0 Å². The Morgan fingerprint density at radius 3 is 3.04 bits per heavy atom. The Labute approximate surface area is 133 Å². The third kappa shape index (κ3) is 2.83. The van der Waals surface area contributed by atoms with E-state index in [0.717, 1.165) is 17.5 Å². The summed E-state index contributed by atoms with van der Waals surface area (Å²) in [6, 6.07) is 13.7. The number of benzene rings is 2. The molecular weight excluding hydrogens is 290 g/mol. The van der Waals surface area contributed by atoms with Crippen molar-refractivity contribution in [3.8, 4) is 0 Å². The summed E-state index contributed by atoms with van der Waals surface area (Å²) in [5.74, 6) is -0.0936. The third-order valence-electron chi connectivity index (χ3n) is 4.21. The SMILES string of the molecule is O=C(NCC1Cc2ccccc2CO1)c1ccc2nc[nH]c2c1. The predicted molar refractivity (Wildman–Crippen MR) is 87.1 cm³/mol. The van der Waals surface area contributed by atoms with Crippen molar-refractivity contribution in [3.63, 3.8) is 0 Å². The number of ether oxygens (including phenoxy) is 1. The fourth-order valence-corrected chi connectivity index (χ4v) is 2.93. The molecule has 1 aliphatic rings. The van der Waals surface area contributed by atoms with Crippen LogP contribution >= 0.6 is 0 Å². The number of carbonyl (C=O) groups excluding carboxylic acids is 1. The fraction of sp³-hybridized carbons (Fsp3) is 0.222. The number of fused-ring (bicyclic) bond motifs is 2. The Balaban J connectivity index is 1.40. The summed E-state index contributed by atoms with van der Waals surface area (Å²) in [5.41, 5.74) is 4.88. The zero-order valence-electron chi connectivity index (χ0n) is 12.6. The first-order valence-electron chi connectivity index (χ1n) is 7.69. The minimum atomic E-state index is -0.0936. The van der Waals surface area contributed by atoms with Crippen molar-refractivity contribution in [2.75, 3.05) is 6.54 Å². The number of hydrogen-bond acceptors (Lipinski definition) is 3. The molecule has 0 fully saturated rings.